The van der Waals surface area contributed by atoms with E-state index in [2.05, 4.69) is 19.1 Å². The topological polar surface area (TPSA) is 55.5 Å². The van der Waals surface area contributed by atoms with Crippen LogP contribution in [0.1, 0.15) is 78.1 Å². The van der Waals surface area contributed by atoms with Crippen LogP contribution in [0.5, 0.6) is 0 Å². The van der Waals surface area contributed by atoms with Crippen LogP contribution in [0.15, 0.2) is 24.3 Å². The van der Waals surface area contributed by atoms with Crippen LogP contribution in [0.4, 0.5) is 0 Å². The van der Waals surface area contributed by atoms with Crippen LogP contribution in [-0.2, 0) is 4.74 Å². The second-order valence-corrected chi connectivity index (χ2v) is 6.20. The molecule has 0 heterocycles. The zero-order chi connectivity index (χ0) is 17.2. The molecule has 0 bridgehead atoms. The quantitative estimate of drug-likeness (QED) is 0.318. The smallest absolute Gasteiger partial charge is 0.0894 e. The number of aliphatic hydroxyl groups is 1. The molecule has 3 nitrogen and oxygen atoms in total. The van der Waals surface area contributed by atoms with Crippen molar-refractivity contribution in [2.45, 2.75) is 90.2 Å². The number of rotatable bonds is 16. The van der Waals surface area contributed by atoms with Gasteiger partial charge in [-0.05, 0) is 32.6 Å². The second-order valence-electron chi connectivity index (χ2n) is 6.20. The SMILES string of the molecule is CCCCCCCCC/C=C/CC/C=C/[C@@H](O)[C@@H](N)COCC. The average molecular weight is 326 g/mol. The summed E-state index contributed by atoms with van der Waals surface area (Å²) in [6.07, 6.45) is 20.5. The Kier molecular flexibility index (Phi) is 17.2. The van der Waals surface area contributed by atoms with Gasteiger partial charge in [-0.1, -0.05) is 69.8 Å². The summed E-state index contributed by atoms with van der Waals surface area (Å²) < 4.78 is 5.21. The molecule has 0 spiro atoms. The Morgan fingerprint density at radius 3 is 2.17 bits per heavy atom. The first-order chi connectivity index (χ1) is 11.2. The lowest BCUT2D eigenvalue weighted by Crippen LogP contribution is -2.37. The predicted octanol–water partition coefficient (Wildman–Crippen LogP) is 4.74. The van der Waals surface area contributed by atoms with Crippen molar-refractivity contribution in [3.05, 3.63) is 24.3 Å². The molecule has 0 fully saturated rings. The number of nitrogens with two attached hydrogens (primary N) is 1. The second kappa shape index (κ2) is 17.7. The van der Waals surface area contributed by atoms with Crippen LogP contribution in [0.3, 0.4) is 0 Å². The molecule has 0 saturated heterocycles. The predicted molar refractivity (Wildman–Crippen MR) is 101 cm³/mol. The molecule has 136 valence electrons. The highest BCUT2D eigenvalue weighted by atomic mass is 16.5. The fraction of sp³-hybridized carbons (Fsp3) is 0.800. The molecule has 0 aliphatic heterocycles. The number of allylic oxidation sites excluding steroid dienone is 3. The summed E-state index contributed by atoms with van der Waals surface area (Å²) >= 11 is 0. The van der Waals surface area contributed by atoms with E-state index in [1.807, 2.05) is 13.0 Å². The van der Waals surface area contributed by atoms with E-state index in [0.29, 0.717) is 13.2 Å². The van der Waals surface area contributed by atoms with Crippen LogP contribution in [-0.4, -0.2) is 30.5 Å². The van der Waals surface area contributed by atoms with Crippen molar-refractivity contribution in [3.63, 3.8) is 0 Å². The largest absolute Gasteiger partial charge is 0.387 e. The lowest BCUT2D eigenvalue weighted by Gasteiger charge is -2.14. The van der Waals surface area contributed by atoms with Crippen molar-refractivity contribution in [3.8, 4) is 0 Å². The van der Waals surface area contributed by atoms with E-state index in [1.165, 1.54) is 51.4 Å². The van der Waals surface area contributed by atoms with Crippen molar-refractivity contribution in [2.24, 2.45) is 5.73 Å². The molecule has 0 saturated carbocycles. The molecule has 3 N–H and O–H groups in total. The van der Waals surface area contributed by atoms with Gasteiger partial charge in [-0.15, -0.1) is 0 Å². The average Bonchev–Trinajstić information content (AvgIpc) is 2.56. The fourth-order valence-corrected chi connectivity index (χ4v) is 2.38. The van der Waals surface area contributed by atoms with Crippen LogP contribution >= 0.6 is 0 Å². The van der Waals surface area contributed by atoms with Crippen molar-refractivity contribution < 1.29 is 9.84 Å². The van der Waals surface area contributed by atoms with E-state index in [4.69, 9.17) is 10.5 Å². The molecule has 0 rings (SSSR count). The van der Waals surface area contributed by atoms with Gasteiger partial charge in [-0.3, -0.25) is 0 Å². The van der Waals surface area contributed by atoms with E-state index >= 15 is 0 Å². The van der Waals surface area contributed by atoms with Crippen molar-refractivity contribution >= 4 is 0 Å². The molecule has 0 amide bonds. The number of hydrogen-bond donors (Lipinski definition) is 2. The molecule has 0 aromatic carbocycles. The third-order valence-corrected chi connectivity index (χ3v) is 3.93. The zero-order valence-electron chi connectivity index (χ0n) is 15.4. The molecule has 0 unspecified atom stereocenters. The zero-order valence-corrected chi connectivity index (χ0v) is 15.4. The Morgan fingerprint density at radius 2 is 1.48 bits per heavy atom. The van der Waals surface area contributed by atoms with E-state index in [0.717, 1.165) is 12.8 Å². The maximum absolute atomic E-state index is 9.81. The maximum atomic E-state index is 9.81. The van der Waals surface area contributed by atoms with Gasteiger partial charge in [-0.2, -0.15) is 0 Å². The van der Waals surface area contributed by atoms with Gasteiger partial charge < -0.3 is 15.6 Å². The lowest BCUT2D eigenvalue weighted by atomic mass is 10.1. The molecule has 0 aromatic heterocycles. The first-order valence-electron chi connectivity index (χ1n) is 9.55. The molecular weight excluding hydrogens is 286 g/mol. The Bertz CT molecular complexity index is 289. The third-order valence-electron chi connectivity index (χ3n) is 3.93. The number of aliphatic hydroxyl groups excluding tert-OH is 1. The summed E-state index contributed by atoms with van der Waals surface area (Å²) in [4.78, 5) is 0. The standard InChI is InChI=1S/C20H39NO2/c1-3-5-6-7-8-9-10-11-12-13-14-15-16-17-20(22)19(21)18-23-4-2/h12-13,16-17,19-20,22H,3-11,14-15,18,21H2,1-2H3/b13-12+,17-16+/t19-,20+/m0/s1. The Morgan fingerprint density at radius 1 is 0.870 bits per heavy atom. The summed E-state index contributed by atoms with van der Waals surface area (Å²) in [5, 5.41) is 9.81. The molecule has 0 aliphatic carbocycles. The highest BCUT2D eigenvalue weighted by molar-refractivity contribution is 4.95. The Balaban J connectivity index is 3.43. The van der Waals surface area contributed by atoms with Gasteiger partial charge >= 0.3 is 0 Å². The molecule has 0 radical (unpaired) electrons. The Labute approximate surface area is 144 Å². The summed E-state index contributed by atoms with van der Waals surface area (Å²) in [6, 6.07) is -0.334. The normalized spacial score (nSPS) is 14.8. The fourth-order valence-electron chi connectivity index (χ4n) is 2.38. The number of hydrogen-bond acceptors (Lipinski definition) is 3. The third kappa shape index (κ3) is 16.0. The molecule has 0 aromatic rings. The minimum absolute atomic E-state index is 0.334. The van der Waals surface area contributed by atoms with E-state index < -0.39 is 6.10 Å². The highest BCUT2D eigenvalue weighted by Crippen LogP contribution is 2.09. The van der Waals surface area contributed by atoms with E-state index in [-0.39, 0.29) is 6.04 Å². The summed E-state index contributed by atoms with van der Waals surface area (Å²) in [5.74, 6) is 0. The van der Waals surface area contributed by atoms with Crippen molar-refractivity contribution in [1.82, 2.24) is 0 Å². The Hall–Kier alpha value is -0.640. The van der Waals surface area contributed by atoms with Crippen LogP contribution in [0.25, 0.3) is 0 Å². The molecular formula is C20H39NO2. The first kappa shape index (κ1) is 22.4. The van der Waals surface area contributed by atoms with Crippen LogP contribution in [0, 0.1) is 0 Å². The van der Waals surface area contributed by atoms with Gasteiger partial charge in [0.25, 0.3) is 0 Å². The van der Waals surface area contributed by atoms with Gasteiger partial charge in [0.05, 0.1) is 18.8 Å². The lowest BCUT2D eigenvalue weighted by molar-refractivity contribution is 0.0880. The van der Waals surface area contributed by atoms with E-state index in [1.54, 1.807) is 6.08 Å². The monoisotopic (exact) mass is 325 g/mol. The first-order valence-corrected chi connectivity index (χ1v) is 9.55. The molecule has 3 heteroatoms. The van der Waals surface area contributed by atoms with Gasteiger partial charge in [0.2, 0.25) is 0 Å². The van der Waals surface area contributed by atoms with Crippen LogP contribution < -0.4 is 5.73 Å². The van der Waals surface area contributed by atoms with E-state index in [9.17, 15) is 5.11 Å². The molecule has 0 aliphatic rings. The van der Waals surface area contributed by atoms with Gasteiger partial charge in [0, 0.05) is 6.61 Å². The molecule has 23 heavy (non-hydrogen) atoms. The van der Waals surface area contributed by atoms with Crippen LogP contribution in [0.2, 0.25) is 0 Å². The number of ether oxygens (including phenoxy) is 1. The van der Waals surface area contributed by atoms with Gasteiger partial charge in [0.1, 0.15) is 0 Å². The molecule has 2 atom stereocenters. The summed E-state index contributed by atoms with van der Waals surface area (Å²) in [5.41, 5.74) is 5.81. The highest BCUT2D eigenvalue weighted by Gasteiger charge is 2.10. The summed E-state index contributed by atoms with van der Waals surface area (Å²) in [6.45, 7) is 5.22. The van der Waals surface area contributed by atoms with Crippen molar-refractivity contribution in [1.29, 1.82) is 0 Å². The minimum atomic E-state index is -0.613. The number of unbranched alkanes of at least 4 members (excludes halogenated alkanes) is 8. The van der Waals surface area contributed by atoms with Gasteiger partial charge in [0.15, 0.2) is 0 Å². The van der Waals surface area contributed by atoms with Gasteiger partial charge in [-0.25, -0.2) is 0 Å². The minimum Gasteiger partial charge on any atom is -0.387 e. The maximum Gasteiger partial charge on any atom is 0.0894 e. The summed E-state index contributed by atoms with van der Waals surface area (Å²) in [7, 11) is 0. The van der Waals surface area contributed by atoms with Crippen molar-refractivity contribution in [2.75, 3.05) is 13.2 Å².